The quantitative estimate of drug-likeness (QED) is 0.924. The van der Waals surface area contributed by atoms with E-state index in [-0.39, 0.29) is 17.3 Å². The van der Waals surface area contributed by atoms with Gasteiger partial charge in [0.2, 0.25) is 5.89 Å². The van der Waals surface area contributed by atoms with Crippen LogP contribution in [0.2, 0.25) is 0 Å². The molecular weight excluding hydrogens is 245 g/mol. The number of nitrogens with two attached hydrogens (primary N) is 1. The predicted molar refractivity (Wildman–Crippen MR) is 69.9 cm³/mol. The summed E-state index contributed by atoms with van der Waals surface area (Å²) < 4.78 is 18.7. The van der Waals surface area contributed by atoms with E-state index in [0.717, 1.165) is 0 Å². The maximum absolute atomic E-state index is 13.5. The molecule has 0 bridgehead atoms. The van der Waals surface area contributed by atoms with Crippen LogP contribution >= 0.6 is 0 Å². The zero-order chi connectivity index (χ0) is 14.0. The number of rotatable bonds is 3. The minimum absolute atomic E-state index is 0.165. The second-order valence-electron chi connectivity index (χ2n) is 5.66. The molecule has 1 unspecified atom stereocenters. The first-order valence-corrected chi connectivity index (χ1v) is 6.19. The van der Waals surface area contributed by atoms with E-state index >= 15 is 0 Å². The molecule has 0 spiro atoms. The molecule has 0 aliphatic rings. The highest BCUT2D eigenvalue weighted by Crippen LogP contribution is 2.29. The molecule has 2 rings (SSSR count). The van der Waals surface area contributed by atoms with Crippen LogP contribution in [-0.2, 0) is 6.42 Å². The Labute approximate surface area is 111 Å². The summed E-state index contributed by atoms with van der Waals surface area (Å²) in [5.41, 5.74) is 6.41. The topological polar surface area (TPSA) is 64.9 Å². The Hall–Kier alpha value is -1.75. The van der Waals surface area contributed by atoms with E-state index in [2.05, 4.69) is 10.1 Å². The van der Waals surface area contributed by atoms with Crippen molar-refractivity contribution in [2.75, 3.05) is 0 Å². The van der Waals surface area contributed by atoms with Crippen molar-refractivity contribution in [3.63, 3.8) is 0 Å². The molecule has 0 aliphatic carbocycles. The van der Waals surface area contributed by atoms with Crippen LogP contribution in [0.15, 0.2) is 28.8 Å². The highest BCUT2D eigenvalue weighted by Gasteiger charge is 2.27. The van der Waals surface area contributed by atoms with Gasteiger partial charge in [-0.1, -0.05) is 44.1 Å². The first kappa shape index (κ1) is 13.7. The standard InChI is InChI=1S/C14H18FN3O/c1-14(2,3)12(16)13-17-11(18-19-13)8-9-6-4-5-7-10(9)15/h4-7,12H,8,16H2,1-3H3. The smallest absolute Gasteiger partial charge is 0.244 e. The van der Waals surface area contributed by atoms with E-state index in [4.69, 9.17) is 10.3 Å². The first-order chi connectivity index (χ1) is 8.88. The lowest BCUT2D eigenvalue weighted by molar-refractivity contribution is 0.252. The second kappa shape index (κ2) is 5.09. The van der Waals surface area contributed by atoms with Crippen LogP contribution in [0.3, 0.4) is 0 Å². The summed E-state index contributed by atoms with van der Waals surface area (Å²) >= 11 is 0. The molecule has 5 heteroatoms. The van der Waals surface area contributed by atoms with Crippen LogP contribution in [0.4, 0.5) is 4.39 Å². The van der Waals surface area contributed by atoms with Crippen molar-refractivity contribution in [2.24, 2.45) is 11.1 Å². The summed E-state index contributed by atoms with van der Waals surface area (Å²) in [5.74, 6) is 0.563. The van der Waals surface area contributed by atoms with Crippen molar-refractivity contribution in [3.05, 3.63) is 47.4 Å². The van der Waals surface area contributed by atoms with E-state index in [9.17, 15) is 4.39 Å². The average Bonchev–Trinajstić information content (AvgIpc) is 2.78. The average molecular weight is 263 g/mol. The molecule has 0 radical (unpaired) electrons. The molecule has 102 valence electrons. The molecule has 1 aromatic heterocycles. The van der Waals surface area contributed by atoms with Crippen molar-refractivity contribution in [2.45, 2.75) is 33.2 Å². The minimum atomic E-state index is -0.339. The summed E-state index contributed by atoms with van der Waals surface area (Å²) in [5, 5.41) is 3.85. The zero-order valence-corrected chi connectivity index (χ0v) is 11.4. The molecule has 2 N–H and O–H groups in total. The van der Waals surface area contributed by atoms with Gasteiger partial charge in [0.15, 0.2) is 5.82 Å². The van der Waals surface area contributed by atoms with Crippen LogP contribution in [0.1, 0.15) is 44.1 Å². The fourth-order valence-corrected chi connectivity index (χ4v) is 1.65. The molecular formula is C14H18FN3O. The van der Waals surface area contributed by atoms with Gasteiger partial charge in [0.05, 0.1) is 6.04 Å². The molecule has 0 saturated carbocycles. The number of halogens is 1. The molecule has 0 saturated heterocycles. The maximum Gasteiger partial charge on any atom is 0.244 e. The summed E-state index contributed by atoms with van der Waals surface area (Å²) in [4.78, 5) is 4.24. The van der Waals surface area contributed by atoms with Crippen LogP contribution in [-0.4, -0.2) is 10.1 Å². The Morgan fingerprint density at radius 2 is 2.00 bits per heavy atom. The monoisotopic (exact) mass is 263 g/mol. The van der Waals surface area contributed by atoms with Crippen molar-refractivity contribution >= 4 is 0 Å². The maximum atomic E-state index is 13.5. The highest BCUT2D eigenvalue weighted by atomic mass is 19.1. The van der Waals surface area contributed by atoms with Crippen LogP contribution in [0.25, 0.3) is 0 Å². The Morgan fingerprint density at radius 1 is 1.32 bits per heavy atom. The number of aromatic nitrogens is 2. The molecule has 1 heterocycles. The van der Waals surface area contributed by atoms with Gasteiger partial charge >= 0.3 is 0 Å². The van der Waals surface area contributed by atoms with E-state index in [0.29, 0.717) is 23.7 Å². The molecule has 0 fully saturated rings. The third-order valence-corrected chi connectivity index (χ3v) is 2.99. The summed E-state index contributed by atoms with van der Waals surface area (Å²) in [7, 11) is 0. The van der Waals surface area contributed by atoms with Gasteiger partial charge < -0.3 is 10.3 Å². The lowest BCUT2D eigenvalue weighted by atomic mass is 9.87. The van der Waals surface area contributed by atoms with E-state index in [1.807, 2.05) is 20.8 Å². The molecule has 19 heavy (non-hydrogen) atoms. The van der Waals surface area contributed by atoms with Gasteiger partial charge in [0.25, 0.3) is 0 Å². The normalized spacial score (nSPS) is 13.5. The molecule has 1 aromatic carbocycles. The number of benzene rings is 1. The van der Waals surface area contributed by atoms with Gasteiger partial charge in [0, 0.05) is 6.42 Å². The van der Waals surface area contributed by atoms with E-state index in [1.54, 1.807) is 18.2 Å². The third-order valence-electron chi connectivity index (χ3n) is 2.99. The van der Waals surface area contributed by atoms with Gasteiger partial charge in [-0.25, -0.2) is 4.39 Å². The van der Waals surface area contributed by atoms with Gasteiger partial charge in [-0.3, -0.25) is 0 Å². The van der Waals surface area contributed by atoms with Crippen molar-refractivity contribution in [1.82, 2.24) is 10.1 Å². The lowest BCUT2D eigenvalue weighted by Crippen LogP contribution is -2.26. The molecule has 4 nitrogen and oxygen atoms in total. The number of hydrogen-bond donors (Lipinski definition) is 1. The van der Waals surface area contributed by atoms with E-state index < -0.39 is 0 Å². The van der Waals surface area contributed by atoms with Crippen molar-refractivity contribution in [3.8, 4) is 0 Å². The Bertz CT molecular complexity index is 560. The second-order valence-corrected chi connectivity index (χ2v) is 5.66. The number of nitrogens with zero attached hydrogens (tertiary/aromatic N) is 2. The molecule has 1 atom stereocenters. The fourth-order valence-electron chi connectivity index (χ4n) is 1.65. The highest BCUT2D eigenvalue weighted by molar-refractivity contribution is 5.20. The van der Waals surface area contributed by atoms with Gasteiger partial charge in [-0.15, -0.1) is 0 Å². The van der Waals surface area contributed by atoms with Gasteiger partial charge in [0.1, 0.15) is 5.82 Å². The molecule has 0 amide bonds. The summed E-state index contributed by atoms with van der Waals surface area (Å²) in [6.07, 6.45) is 0.299. The van der Waals surface area contributed by atoms with Gasteiger partial charge in [-0.2, -0.15) is 4.98 Å². The largest absolute Gasteiger partial charge is 0.338 e. The Kier molecular flexibility index (Phi) is 3.66. The van der Waals surface area contributed by atoms with Gasteiger partial charge in [-0.05, 0) is 17.0 Å². The van der Waals surface area contributed by atoms with Crippen molar-refractivity contribution in [1.29, 1.82) is 0 Å². The lowest BCUT2D eigenvalue weighted by Gasteiger charge is -2.23. The van der Waals surface area contributed by atoms with Crippen LogP contribution in [0.5, 0.6) is 0 Å². The first-order valence-electron chi connectivity index (χ1n) is 6.19. The van der Waals surface area contributed by atoms with Crippen molar-refractivity contribution < 1.29 is 8.91 Å². The number of hydrogen-bond acceptors (Lipinski definition) is 4. The van der Waals surface area contributed by atoms with E-state index in [1.165, 1.54) is 6.07 Å². The zero-order valence-electron chi connectivity index (χ0n) is 11.4. The summed E-state index contributed by atoms with van der Waals surface area (Å²) in [6.45, 7) is 6.00. The Balaban J connectivity index is 2.16. The molecule has 0 aliphatic heterocycles. The van der Waals surface area contributed by atoms with Crippen LogP contribution < -0.4 is 5.73 Å². The minimum Gasteiger partial charge on any atom is -0.338 e. The fraction of sp³-hybridized carbons (Fsp3) is 0.429. The predicted octanol–water partition coefficient (Wildman–Crippen LogP) is 2.85. The summed E-state index contributed by atoms with van der Waals surface area (Å²) in [6, 6.07) is 6.21. The van der Waals surface area contributed by atoms with Crippen LogP contribution in [0, 0.1) is 11.2 Å². The SMILES string of the molecule is CC(C)(C)C(N)c1nc(Cc2ccccc2F)no1. The third kappa shape index (κ3) is 3.17. The molecule has 2 aromatic rings. The Morgan fingerprint density at radius 3 is 2.63 bits per heavy atom.